The van der Waals surface area contributed by atoms with Crippen molar-refractivity contribution in [2.75, 3.05) is 12.0 Å². The highest BCUT2D eigenvalue weighted by Gasteiger charge is 2.26. The second kappa shape index (κ2) is 7.22. The fraction of sp³-hybridized carbons (Fsp3) is 0.308. The van der Waals surface area contributed by atoms with Crippen LogP contribution in [0.4, 0.5) is 0 Å². The van der Waals surface area contributed by atoms with Crippen molar-refractivity contribution < 1.29 is 19.3 Å². The summed E-state index contributed by atoms with van der Waals surface area (Å²) in [6, 6.07) is 5.35. The molecule has 0 bridgehead atoms. The second-order valence-corrected chi connectivity index (χ2v) is 5.88. The van der Waals surface area contributed by atoms with E-state index in [0.717, 1.165) is 10.9 Å². The smallest absolute Gasteiger partial charge is 0.462 e. The summed E-state index contributed by atoms with van der Waals surface area (Å²) in [7, 11) is -1.65. The van der Waals surface area contributed by atoms with Gasteiger partial charge in [0.05, 0.1) is 23.0 Å². The largest absolute Gasteiger partial charge is 0.475 e. The Balaban J connectivity index is 2.19. The van der Waals surface area contributed by atoms with Gasteiger partial charge < -0.3 is 19.8 Å². The molecule has 1 atom stereocenters. The summed E-state index contributed by atoms with van der Waals surface area (Å²) in [5.74, 6) is -0.780. The van der Waals surface area contributed by atoms with Crippen LogP contribution in [0.1, 0.15) is 5.56 Å². The van der Waals surface area contributed by atoms with E-state index in [0.29, 0.717) is 10.6 Å². The van der Waals surface area contributed by atoms with Crippen LogP contribution < -0.4 is 5.32 Å². The van der Waals surface area contributed by atoms with Gasteiger partial charge in [0.2, 0.25) is 5.91 Å². The van der Waals surface area contributed by atoms with Gasteiger partial charge in [-0.05, 0) is 24.3 Å². The standard InChI is InChI=1S/C13H15BClNO4S/c1-21-7-12(17)16-11(14(18)19)5-8-6-20-13-9(8)3-2-4-10(13)15/h2-4,6,11,18-19H,5,7H2,1H3,(H,16,17). The number of carbonyl (C=O) groups excluding carboxylic acids is 1. The van der Waals surface area contributed by atoms with Crippen molar-refractivity contribution in [3.63, 3.8) is 0 Å². The average molecular weight is 328 g/mol. The van der Waals surface area contributed by atoms with E-state index in [2.05, 4.69) is 5.32 Å². The van der Waals surface area contributed by atoms with E-state index in [1.54, 1.807) is 18.4 Å². The van der Waals surface area contributed by atoms with Crippen LogP contribution in [-0.4, -0.2) is 41.0 Å². The first-order chi connectivity index (χ1) is 10.0. The lowest BCUT2D eigenvalue weighted by atomic mass is 9.76. The molecule has 21 heavy (non-hydrogen) atoms. The van der Waals surface area contributed by atoms with Crippen molar-refractivity contribution in [2.45, 2.75) is 12.4 Å². The summed E-state index contributed by atoms with van der Waals surface area (Å²) < 4.78 is 5.40. The summed E-state index contributed by atoms with van der Waals surface area (Å²) in [5.41, 5.74) is 1.31. The third-order valence-electron chi connectivity index (χ3n) is 3.05. The van der Waals surface area contributed by atoms with E-state index in [-0.39, 0.29) is 18.1 Å². The van der Waals surface area contributed by atoms with Crippen molar-refractivity contribution in [2.24, 2.45) is 0 Å². The molecule has 0 saturated heterocycles. The zero-order valence-electron chi connectivity index (χ0n) is 11.4. The first kappa shape index (κ1) is 16.2. The highest BCUT2D eigenvalue weighted by atomic mass is 35.5. The lowest BCUT2D eigenvalue weighted by Crippen LogP contribution is -2.48. The maximum absolute atomic E-state index is 11.6. The molecule has 0 aliphatic heterocycles. The number of hydrogen-bond acceptors (Lipinski definition) is 5. The van der Waals surface area contributed by atoms with Gasteiger partial charge >= 0.3 is 7.12 Å². The van der Waals surface area contributed by atoms with Crippen LogP contribution in [0, 0.1) is 0 Å². The van der Waals surface area contributed by atoms with Crippen LogP contribution in [-0.2, 0) is 11.2 Å². The monoisotopic (exact) mass is 327 g/mol. The van der Waals surface area contributed by atoms with Crippen molar-refractivity contribution in [3.05, 3.63) is 35.0 Å². The van der Waals surface area contributed by atoms with Crippen molar-refractivity contribution in [1.29, 1.82) is 0 Å². The summed E-state index contributed by atoms with van der Waals surface area (Å²) in [6.07, 6.45) is 3.56. The molecule has 1 aromatic heterocycles. The van der Waals surface area contributed by atoms with Crippen LogP contribution in [0.25, 0.3) is 11.0 Å². The molecule has 2 aromatic rings. The van der Waals surface area contributed by atoms with Gasteiger partial charge in [0, 0.05) is 5.39 Å². The molecule has 8 heteroatoms. The number of para-hydroxylation sites is 1. The Labute approximate surface area is 131 Å². The number of carbonyl (C=O) groups is 1. The minimum Gasteiger partial charge on any atom is -0.462 e. The lowest BCUT2D eigenvalue weighted by molar-refractivity contribution is -0.118. The number of rotatable bonds is 6. The van der Waals surface area contributed by atoms with Crippen molar-refractivity contribution in [3.8, 4) is 0 Å². The average Bonchev–Trinajstić information content (AvgIpc) is 2.83. The molecule has 5 nitrogen and oxygen atoms in total. The summed E-state index contributed by atoms with van der Waals surface area (Å²) in [5, 5.41) is 22.8. The normalized spacial score (nSPS) is 12.4. The molecule has 2 rings (SSSR count). The van der Waals surface area contributed by atoms with Gasteiger partial charge in [-0.1, -0.05) is 23.7 Å². The minimum absolute atomic E-state index is 0.241. The van der Waals surface area contributed by atoms with E-state index in [1.807, 2.05) is 6.07 Å². The molecule has 0 radical (unpaired) electrons. The molecule has 0 saturated carbocycles. The first-order valence-corrected chi connectivity index (χ1v) is 8.09. The predicted octanol–water partition coefficient (Wildman–Crippen LogP) is 1.49. The van der Waals surface area contributed by atoms with E-state index >= 15 is 0 Å². The van der Waals surface area contributed by atoms with Crippen molar-refractivity contribution >= 4 is 47.4 Å². The molecule has 0 spiro atoms. The molecule has 1 heterocycles. The topological polar surface area (TPSA) is 82.7 Å². The maximum Gasteiger partial charge on any atom is 0.475 e. The Morgan fingerprint density at radius 3 is 2.95 bits per heavy atom. The number of thioether (sulfide) groups is 1. The van der Waals surface area contributed by atoms with Gasteiger partial charge in [-0.3, -0.25) is 4.79 Å². The van der Waals surface area contributed by atoms with Gasteiger partial charge in [0.1, 0.15) is 0 Å². The molecule has 1 aromatic carbocycles. The Kier molecular flexibility index (Phi) is 5.58. The Hall–Kier alpha value is -1.15. The van der Waals surface area contributed by atoms with Crippen LogP contribution in [0.15, 0.2) is 28.9 Å². The summed E-state index contributed by atoms with van der Waals surface area (Å²) >= 11 is 7.39. The van der Waals surface area contributed by atoms with Crippen LogP contribution in [0.3, 0.4) is 0 Å². The van der Waals surface area contributed by atoms with Crippen LogP contribution in [0.2, 0.25) is 5.02 Å². The van der Waals surface area contributed by atoms with Gasteiger partial charge in [0.15, 0.2) is 5.58 Å². The van der Waals surface area contributed by atoms with Crippen molar-refractivity contribution in [1.82, 2.24) is 5.32 Å². The zero-order valence-corrected chi connectivity index (χ0v) is 12.9. The van der Waals surface area contributed by atoms with Crippen LogP contribution in [0.5, 0.6) is 0 Å². The second-order valence-electron chi connectivity index (χ2n) is 4.60. The molecule has 3 N–H and O–H groups in total. The Bertz CT molecular complexity index is 634. The fourth-order valence-corrected chi connectivity index (χ4v) is 2.65. The molecular weight excluding hydrogens is 312 g/mol. The quantitative estimate of drug-likeness (QED) is 0.700. The van der Waals surface area contributed by atoms with Gasteiger partial charge in [-0.2, -0.15) is 11.8 Å². The molecule has 112 valence electrons. The van der Waals surface area contributed by atoms with Gasteiger partial charge in [-0.25, -0.2) is 0 Å². The number of hydrogen-bond donors (Lipinski definition) is 3. The lowest BCUT2D eigenvalue weighted by Gasteiger charge is -2.17. The highest BCUT2D eigenvalue weighted by Crippen LogP contribution is 2.28. The Morgan fingerprint density at radius 1 is 1.52 bits per heavy atom. The summed E-state index contributed by atoms with van der Waals surface area (Å²) in [4.78, 5) is 11.6. The van der Waals surface area contributed by atoms with Gasteiger partial charge in [-0.15, -0.1) is 0 Å². The molecule has 0 fully saturated rings. The zero-order chi connectivity index (χ0) is 15.4. The van der Waals surface area contributed by atoms with E-state index in [4.69, 9.17) is 16.0 Å². The summed E-state index contributed by atoms with van der Waals surface area (Å²) in [6.45, 7) is 0. The number of fused-ring (bicyclic) bond motifs is 1. The van der Waals surface area contributed by atoms with E-state index in [1.165, 1.54) is 18.0 Å². The minimum atomic E-state index is -1.65. The number of benzene rings is 1. The number of furan rings is 1. The molecule has 0 aliphatic carbocycles. The number of nitrogens with one attached hydrogen (secondary N) is 1. The molecule has 0 aliphatic rings. The Morgan fingerprint density at radius 2 is 2.29 bits per heavy atom. The third-order valence-corrected chi connectivity index (χ3v) is 3.90. The number of amides is 1. The maximum atomic E-state index is 11.6. The molecule has 1 unspecified atom stereocenters. The molecular formula is C13H15BClNO4S. The third kappa shape index (κ3) is 3.94. The molecule has 1 amide bonds. The first-order valence-electron chi connectivity index (χ1n) is 6.32. The van der Waals surface area contributed by atoms with Gasteiger partial charge in [0.25, 0.3) is 0 Å². The fourth-order valence-electron chi connectivity index (χ4n) is 2.08. The number of halogens is 1. The SMILES string of the molecule is CSCC(=O)NC(Cc1coc2c(Cl)cccc12)B(O)O. The van der Waals surface area contributed by atoms with E-state index < -0.39 is 13.1 Å². The van der Waals surface area contributed by atoms with E-state index in [9.17, 15) is 14.8 Å². The van der Waals surface area contributed by atoms with Crippen LogP contribution >= 0.6 is 23.4 Å². The highest BCUT2D eigenvalue weighted by molar-refractivity contribution is 7.99. The predicted molar refractivity (Wildman–Crippen MR) is 85.4 cm³/mol.